The molecule has 0 aliphatic heterocycles. The zero-order chi connectivity index (χ0) is 16.8. The standard InChI is InChI=1S/C17H24ClN3O2/c1-11(2)16(22)6-8-20-17(23)19-7-5-12-10-21-15-4-3-13(18)9-14(12)15/h3-4,9-11,16,21-22H,5-8H2,1-2H3,(H2,19,20,23). The summed E-state index contributed by atoms with van der Waals surface area (Å²) in [4.78, 5) is 14.9. The second kappa shape index (κ2) is 8.22. The van der Waals surface area contributed by atoms with Gasteiger partial charge in [-0.1, -0.05) is 25.4 Å². The number of amides is 2. The number of hydrogen-bond acceptors (Lipinski definition) is 2. The number of carbonyl (C=O) groups excluding carboxylic acids is 1. The molecule has 2 rings (SSSR count). The van der Waals surface area contributed by atoms with Gasteiger partial charge in [0.15, 0.2) is 0 Å². The summed E-state index contributed by atoms with van der Waals surface area (Å²) in [5, 5.41) is 17.0. The molecule has 2 amide bonds. The zero-order valence-corrected chi connectivity index (χ0v) is 14.3. The van der Waals surface area contributed by atoms with Crippen molar-refractivity contribution in [2.45, 2.75) is 32.8 Å². The van der Waals surface area contributed by atoms with E-state index < -0.39 is 0 Å². The monoisotopic (exact) mass is 337 g/mol. The summed E-state index contributed by atoms with van der Waals surface area (Å²) >= 11 is 6.02. The van der Waals surface area contributed by atoms with Gasteiger partial charge in [-0.15, -0.1) is 0 Å². The average Bonchev–Trinajstić information content (AvgIpc) is 2.89. The SMILES string of the molecule is CC(C)C(O)CCNC(=O)NCCc1c[nH]c2ccc(Cl)cc12. The van der Waals surface area contributed by atoms with Gasteiger partial charge in [0.2, 0.25) is 0 Å². The molecule has 126 valence electrons. The van der Waals surface area contributed by atoms with Crippen molar-refractivity contribution in [2.75, 3.05) is 13.1 Å². The van der Waals surface area contributed by atoms with E-state index in [-0.39, 0.29) is 18.1 Å². The average molecular weight is 338 g/mol. The Labute approximate surface area is 141 Å². The van der Waals surface area contributed by atoms with Gasteiger partial charge in [-0.3, -0.25) is 0 Å². The summed E-state index contributed by atoms with van der Waals surface area (Å²) in [6.45, 7) is 4.92. The maximum atomic E-state index is 11.7. The fourth-order valence-corrected chi connectivity index (χ4v) is 2.57. The predicted molar refractivity (Wildman–Crippen MR) is 93.9 cm³/mol. The molecule has 6 heteroatoms. The smallest absolute Gasteiger partial charge is 0.314 e. The first-order chi connectivity index (χ1) is 11.0. The molecule has 2 aromatic rings. The Morgan fingerprint density at radius 2 is 2.04 bits per heavy atom. The van der Waals surface area contributed by atoms with Crippen LogP contribution in [0.25, 0.3) is 10.9 Å². The van der Waals surface area contributed by atoms with Crippen molar-refractivity contribution in [3.8, 4) is 0 Å². The zero-order valence-electron chi connectivity index (χ0n) is 13.5. The van der Waals surface area contributed by atoms with Crippen molar-refractivity contribution >= 4 is 28.5 Å². The van der Waals surface area contributed by atoms with Crippen LogP contribution in [0.3, 0.4) is 0 Å². The molecule has 4 N–H and O–H groups in total. The fourth-order valence-electron chi connectivity index (χ4n) is 2.40. The van der Waals surface area contributed by atoms with E-state index in [0.717, 1.165) is 22.9 Å². The van der Waals surface area contributed by atoms with E-state index in [9.17, 15) is 9.90 Å². The molecule has 0 bridgehead atoms. The molecule has 0 saturated carbocycles. The van der Waals surface area contributed by atoms with Crippen LogP contribution in [-0.2, 0) is 6.42 Å². The van der Waals surface area contributed by atoms with Crippen LogP contribution < -0.4 is 10.6 Å². The van der Waals surface area contributed by atoms with Gasteiger partial charge in [-0.2, -0.15) is 0 Å². The first-order valence-corrected chi connectivity index (χ1v) is 8.30. The van der Waals surface area contributed by atoms with Crippen molar-refractivity contribution < 1.29 is 9.90 Å². The van der Waals surface area contributed by atoms with Gasteiger partial charge in [0, 0.05) is 35.2 Å². The molecule has 0 spiro atoms. The van der Waals surface area contributed by atoms with Crippen LogP contribution in [0.15, 0.2) is 24.4 Å². The lowest BCUT2D eigenvalue weighted by molar-refractivity contribution is 0.116. The lowest BCUT2D eigenvalue weighted by Gasteiger charge is -2.14. The number of fused-ring (bicyclic) bond motifs is 1. The van der Waals surface area contributed by atoms with Crippen LogP contribution in [0.2, 0.25) is 5.02 Å². The van der Waals surface area contributed by atoms with Gasteiger partial charge < -0.3 is 20.7 Å². The predicted octanol–water partition coefficient (Wildman–Crippen LogP) is 3.07. The molecule has 1 unspecified atom stereocenters. The number of aliphatic hydroxyl groups is 1. The molecule has 5 nitrogen and oxygen atoms in total. The Bertz CT molecular complexity index is 654. The Morgan fingerprint density at radius 1 is 1.30 bits per heavy atom. The molecule has 0 fully saturated rings. The van der Waals surface area contributed by atoms with Crippen LogP contribution >= 0.6 is 11.6 Å². The largest absolute Gasteiger partial charge is 0.393 e. The second-order valence-electron chi connectivity index (χ2n) is 6.04. The molecule has 1 aromatic heterocycles. The number of aliphatic hydroxyl groups excluding tert-OH is 1. The number of benzene rings is 1. The highest BCUT2D eigenvalue weighted by Gasteiger charge is 2.09. The number of urea groups is 1. The second-order valence-corrected chi connectivity index (χ2v) is 6.47. The topological polar surface area (TPSA) is 77.2 Å². The maximum Gasteiger partial charge on any atom is 0.314 e. The highest BCUT2D eigenvalue weighted by atomic mass is 35.5. The van der Waals surface area contributed by atoms with Gasteiger partial charge in [0.1, 0.15) is 0 Å². The summed E-state index contributed by atoms with van der Waals surface area (Å²) in [6, 6.07) is 5.51. The molecule has 0 radical (unpaired) electrons. The number of carbonyl (C=O) groups is 1. The Balaban J connectivity index is 1.73. The lowest BCUT2D eigenvalue weighted by atomic mass is 10.0. The molecule has 0 saturated heterocycles. The number of hydrogen-bond donors (Lipinski definition) is 4. The van der Waals surface area contributed by atoms with Gasteiger partial charge >= 0.3 is 6.03 Å². The minimum atomic E-state index is -0.383. The van der Waals surface area contributed by atoms with E-state index in [4.69, 9.17) is 11.6 Å². The first-order valence-electron chi connectivity index (χ1n) is 7.92. The summed E-state index contributed by atoms with van der Waals surface area (Å²) < 4.78 is 0. The summed E-state index contributed by atoms with van der Waals surface area (Å²) in [7, 11) is 0. The van der Waals surface area contributed by atoms with E-state index in [2.05, 4.69) is 15.6 Å². The summed E-state index contributed by atoms with van der Waals surface area (Å²) in [5.41, 5.74) is 2.16. The van der Waals surface area contributed by atoms with Gasteiger partial charge in [-0.25, -0.2) is 4.79 Å². The molecular weight excluding hydrogens is 314 g/mol. The van der Waals surface area contributed by atoms with Gasteiger partial charge in [-0.05, 0) is 42.5 Å². The minimum Gasteiger partial charge on any atom is -0.393 e. The van der Waals surface area contributed by atoms with Crippen LogP contribution in [-0.4, -0.2) is 35.3 Å². The summed E-state index contributed by atoms with van der Waals surface area (Å²) in [5.74, 6) is 0.202. The van der Waals surface area contributed by atoms with Crippen molar-refractivity contribution in [1.82, 2.24) is 15.6 Å². The molecule has 23 heavy (non-hydrogen) atoms. The van der Waals surface area contributed by atoms with Crippen molar-refractivity contribution in [3.05, 3.63) is 35.0 Å². The number of halogens is 1. The third-order valence-corrected chi connectivity index (χ3v) is 4.14. The first kappa shape index (κ1) is 17.6. The number of H-pyrrole nitrogens is 1. The lowest BCUT2D eigenvalue weighted by Crippen LogP contribution is -2.38. The minimum absolute atomic E-state index is 0.202. The molecule has 1 atom stereocenters. The highest BCUT2D eigenvalue weighted by molar-refractivity contribution is 6.31. The van der Waals surface area contributed by atoms with Crippen LogP contribution in [0.1, 0.15) is 25.8 Å². The van der Waals surface area contributed by atoms with Crippen molar-refractivity contribution in [1.29, 1.82) is 0 Å². The number of aromatic nitrogens is 1. The third kappa shape index (κ3) is 5.15. The Kier molecular flexibility index (Phi) is 6.30. The quantitative estimate of drug-likeness (QED) is 0.626. The molecule has 0 aliphatic rings. The highest BCUT2D eigenvalue weighted by Crippen LogP contribution is 2.22. The van der Waals surface area contributed by atoms with Gasteiger partial charge in [0.25, 0.3) is 0 Å². The van der Waals surface area contributed by atoms with E-state index in [1.54, 1.807) is 0 Å². The fraction of sp³-hybridized carbons (Fsp3) is 0.471. The number of aromatic amines is 1. The van der Waals surface area contributed by atoms with Gasteiger partial charge in [0.05, 0.1) is 6.10 Å². The maximum absolute atomic E-state index is 11.7. The third-order valence-electron chi connectivity index (χ3n) is 3.90. The van der Waals surface area contributed by atoms with E-state index in [1.807, 2.05) is 38.2 Å². The van der Waals surface area contributed by atoms with Crippen LogP contribution in [0.5, 0.6) is 0 Å². The van der Waals surface area contributed by atoms with Crippen LogP contribution in [0.4, 0.5) is 4.79 Å². The van der Waals surface area contributed by atoms with Crippen LogP contribution in [0, 0.1) is 5.92 Å². The molecule has 1 aromatic carbocycles. The Hall–Kier alpha value is -1.72. The number of rotatable bonds is 7. The molecule has 1 heterocycles. The Morgan fingerprint density at radius 3 is 2.78 bits per heavy atom. The number of nitrogens with one attached hydrogen (secondary N) is 3. The molecule has 0 aliphatic carbocycles. The van der Waals surface area contributed by atoms with E-state index in [1.165, 1.54) is 0 Å². The van der Waals surface area contributed by atoms with Crippen molar-refractivity contribution in [2.24, 2.45) is 5.92 Å². The van der Waals surface area contributed by atoms with Crippen molar-refractivity contribution in [3.63, 3.8) is 0 Å². The summed E-state index contributed by atoms with van der Waals surface area (Å²) in [6.07, 6.45) is 2.85. The normalized spacial score (nSPS) is 12.6. The molecular formula is C17H24ClN3O2. The van der Waals surface area contributed by atoms with E-state index >= 15 is 0 Å². The van der Waals surface area contributed by atoms with E-state index in [0.29, 0.717) is 24.5 Å².